The van der Waals surface area contributed by atoms with Gasteiger partial charge < -0.3 is 5.11 Å². The van der Waals surface area contributed by atoms with Gasteiger partial charge in [0, 0.05) is 7.05 Å². The average molecular weight is 195 g/mol. The zero-order valence-corrected chi connectivity index (χ0v) is 8.99. The summed E-state index contributed by atoms with van der Waals surface area (Å²) in [7, 11) is 1.77. The minimum atomic E-state index is -0.752. The van der Waals surface area contributed by atoms with E-state index in [4.69, 9.17) is 0 Å². The van der Waals surface area contributed by atoms with Crippen molar-refractivity contribution in [2.75, 3.05) is 0 Å². The summed E-state index contributed by atoms with van der Waals surface area (Å²) in [6.45, 7) is 4.36. The molecule has 0 radical (unpaired) electrons. The van der Waals surface area contributed by atoms with E-state index >= 15 is 0 Å². The summed E-state index contributed by atoms with van der Waals surface area (Å²) in [6, 6.07) is 0. The van der Waals surface area contributed by atoms with Crippen LogP contribution in [0.4, 0.5) is 0 Å². The van der Waals surface area contributed by atoms with Crippen LogP contribution in [0.3, 0.4) is 0 Å². The number of aromatic nitrogens is 3. The van der Waals surface area contributed by atoms with Gasteiger partial charge in [-0.25, -0.2) is 0 Å². The lowest BCUT2D eigenvalue weighted by Crippen LogP contribution is -2.24. The number of hydrogen-bond acceptors (Lipinski definition) is 3. The van der Waals surface area contributed by atoms with E-state index in [-0.39, 0.29) is 5.41 Å². The third-order valence-corrected chi connectivity index (χ3v) is 3.06. The lowest BCUT2D eigenvalue weighted by Gasteiger charge is -2.22. The molecule has 78 valence electrons. The van der Waals surface area contributed by atoms with Crippen molar-refractivity contribution < 1.29 is 5.11 Å². The molecular weight excluding hydrogens is 178 g/mol. The van der Waals surface area contributed by atoms with Crippen molar-refractivity contribution in [2.45, 2.75) is 38.7 Å². The van der Waals surface area contributed by atoms with Gasteiger partial charge in [-0.3, -0.25) is 0 Å². The van der Waals surface area contributed by atoms with Crippen LogP contribution >= 0.6 is 0 Å². The minimum Gasteiger partial charge on any atom is -0.383 e. The van der Waals surface area contributed by atoms with Crippen LogP contribution < -0.4 is 0 Å². The molecule has 2 rings (SSSR count). The molecule has 0 aromatic carbocycles. The van der Waals surface area contributed by atoms with Crippen molar-refractivity contribution in [3.05, 3.63) is 11.9 Å². The number of nitrogens with zero attached hydrogens (tertiary/aromatic N) is 3. The van der Waals surface area contributed by atoms with Crippen LogP contribution in [0.2, 0.25) is 0 Å². The molecule has 1 atom stereocenters. The molecule has 0 spiro atoms. The maximum atomic E-state index is 10.4. The molecule has 1 aromatic heterocycles. The van der Waals surface area contributed by atoms with Crippen LogP contribution in [0.15, 0.2) is 6.20 Å². The van der Waals surface area contributed by atoms with E-state index < -0.39 is 5.60 Å². The maximum absolute atomic E-state index is 10.4. The van der Waals surface area contributed by atoms with Crippen molar-refractivity contribution in [1.82, 2.24) is 15.0 Å². The molecule has 0 aliphatic heterocycles. The van der Waals surface area contributed by atoms with Crippen molar-refractivity contribution >= 4 is 0 Å². The molecule has 1 N–H and O–H groups in total. The molecule has 1 aliphatic rings. The van der Waals surface area contributed by atoms with Crippen LogP contribution in [0.1, 0.15) is 38.8 Å². The molecule has 0 saturated heterocycles. The lowest BCUT2D eigenvalue weighted by molar-refractivity contribution is 0.0289. The highest BCUT2D eigenvalue weighted by atomic mass is 16.3. The molecule has 1 unspecified atom stereocenters. The topological polar surface area (TPSA) is 50.9 Å². The van der Waals surface area contributed by atoms with E-state index in [2.05, 4.69) is 24.0 Å². The summed E-state index contributed by atoms with van der Waals surface area (Å²) in [5, 5.41) is 18.6. The van der Waals surface area contributed by atoms with Crippen LogP contribution in [-0.4, -0.2) is 20.1 Å². The lowest BCUT2D eigenvalue weighted by atomic mass is 9.88. The Bertz CT molecular complexity index is 345. The number of rotatable bonds is 1. The van der Waals surface area contributed by atoms with Crippen molar-refractivity contribution in [3.63, 3.8) is 0 Å². The third-order valence-electron chi connectivity index (χ3n) is 3.06. The number of aryl methyl sites for hydroxylation is 1. The summed E-state index contributed by atoms with van der Waals surface area (Å²) in [5.74, 6) is 0. The fraction of sp³-hybridized carbons (Fsp3) is 0.800. The first kappa shape index (κ1) is 9.65. The molecule has 1 heterocycles. The zero-order valence-electron chi connectivity index (χ0n) is 8.99. The molecule has 4 heteroatoms. The van der Waals surface area contributed by atoms with Crippen LogP contribution in [0, 0.1) is 5.41 Å². The Morgan fingerprint density at radius 3 is 2.57 bits per heavy atom. The Labute approximate surface area is 83.9 Å². The molecule has 1 fully saturated rings. The van der Waals surface area contributed by atoms with Crippen LogP contribution in [-0.2, 0) is 12.6 Å². The van der Waals surface area contributed by atoms with Gasteiger partial charge in [-0.15, -0.1) is 0 Å². The van der Waals surface area contributed by atoms with Gasteiger partial charge in [0.2, 0.25) is 0 Å². The van der Waals surface area contributed by atoms with Gasteiger partial charge in [0.25, 0.3) is 0 Å². The highest BCUT2D eigenvalue weighted by molar-refractivity contribution is 5.11. The standard InChI is InChI=1S/C10H17N3O/c1-9(2)4-5-10(14,7-9)8-6-11-13(3)12-8/h6,14H,4-5,7H2,1-3H3. The molecule has 1 aliphatic carbocycles. The fourth-order valence-corrected chi connectivity index (χ4v) is 2.29. The zero-order chi connectivity index (χ0) is 10.4. The first-order valence-corrected chi connectivity index (χ1v) is 5.01. The quantitative estimate of drug-likeness (QED) is 0.733. The molecule has 0 bridgehead atoms. The molecule has 14 heavy (non-hydrogen) atoms. The summed E-state index contributed by atoms with van der Waals surface area (Å²) < 4.78 is 0. The molecule has 4 nitrogen and oxygen atoms in total. The molecule has 1 saturated carbocycles. The normalized spacial score (nSPS) is 30.9. The Morgan fingerprint density at radius 2 is 2.14 bits per heavy atom. The second kappa shape index (κ2) is 2.79. The number of hydrogen-bond donors (Lipinski definition) is 1. The predicted octanol–water partition coefficient (Wildman–Crippen LogP) is 1.21. The SMILES string of the molecule is Cn1ncc(C2(O)CCC(C)(C)C2)n1. The van der Waals surface area contributed by atoms with Crippen LogP contribution in [0.25, 0.3) is 0 Å². The van der Waals surface area contributed by atoms with Gasteiger partial charge in [-0.05, 0) is 24.7 Å². The summed E-state index contributed by atoms with van der Waals surface area (Å²) in [4.78, 5) is 1.50. The van der Waals surface area contributed by atoms with Gasteiger partial charge in [0.1, 0.15) is 11.3 Å². The van der Waals surface area contributed by atoms with E-state index in [1.165, 1.54) is 4.80 Å². The van der Waals surface area contributed by atoms with Gasteiger partial charge >= 0.3 is 0 Å². The van der Waals surface area contributed by atoms with Gasteiger partial charge in [0.05, 0.1) is 6.20 Å². The van der Waals surface area contributed by atoms with Crippen molar-refractivity contribution in [2.24, 2.45) is 12.5 Å². The largest absolute Gasteiger partial charge is 0.383 e. The summed E-state index contributed by atoms with van der Waals surface area (Å²) >= 11 is 0. The van der Waals surface area contributed by atoms with E-state index in [0.29, 0.717) is 5.69 Å². The maximum Gasteiger partial charge on any atom is 0.114 e. The average Bonchev–Trinajstić information content (AvgIpc) is 2.57. The highest BCUT2D eigenvalue weighted by Crippen LogP contribution is 2.48. The third kappa shape index (κ3) is 1.54. The number of aliphatic hydroxyl groups is 1. The van der Waals surface area contributed by atoms with Gasteiger partial charge in [0.15, 0.2) is 0 Å². The van der Waals surface area contributed by atoms with Gasteiger partial charge in [-0.2, -0.15) is 15.0 Å². The van der Waals surface area contributed by atoms with Crippen molar-refractivity contribution in [3.8, 4) is 0 Å². The van der Waals surface area contributed by atoms with E-state index in [1.807, 2.05) is 0 Å². The second-order valence-corrected chi connectivity index (χ2v) is 5.09. The first-order valence-electron chi connectivity index (χ1n) is 5.01. The Hall–Kier alpha value is -0.900. The molecule has 0 amide bonds. The fourth-order valence-electron chi connectivity index (χ4n) is 2.29. The van der Waals surface area contributed by atoms with E-state index in [0.717, 1.165) is 19.3 Å². The van der Waals surface area contributed by atoms with Crippen molar-refractivity contribution in [1.29, 1.82) is 0 Å². The van der Waals surface area contributed by atoms with Crippen LogP contribution in [0.5, 0.6) is 0 Å². The van der Waals surface area contributed by atoms with E-state index in [9.17, 15) is 5.11 Å². The van der Waals surface area contributed by atoms with E-state index in [1.54, 1.807) is 13.2 Å². The Morgan fingerprint density at radius 1 is 1.43 bits per heavy atom. The molecular formula is C10H17N3O. The first-order chi connectivity index (χ1) is 6.41. The summed E-state index contributed by atoms with van der Waals surface area (Å²) in [6.07, 6.45) is 4.28. The Balaban J connectivity index is 2.27. The highest BCUT2D eigenvalue weighted by Gasteiger charge is 2.44. The summed E-state index contributed by atoms with van der Waals surface area (Å²) in [5.41, 5.74) is 0.176. The smallest absolute Gasteiger partial charge is 0.114 e. The Kier molecular flexibility index (Phi) is 1.93. The predicted molar refractivity (Wildman–Crippen MR) is 52.5 cm³/mol. The second-order valence-electron chi connectivity index (χ2n) is 5.09. The monoisotopic (exact) mass is 195 g/mol. The van der Waals surface area contributed by atoms with Gasteiger partial charge in [-0.1, -0.05) is 13.8 Å². The molecule has 1 aromatic rings. The minimum absolute atomic E-state index is 0.215.